The van der Waals surface area contributed by atoms with Crippen LogP contribution in [0.1, 0.15) is 38.2 Å². The summed E-state index contributed by atoms with van der Waals surface area (Å²) in [6, 6.07) is 0.382. The number of piperidine rings is 1. The van der Waals surface area contributed by atoms with E-state index in [1.54, 1.807) is 6.20 Å². The number of aryl methyl sites for hydroxylation is 2. The van der Waals surface area contributed by atoms with E-state index in [4.69, 9.17) is 0 Å². The van der Waals surface area contributed by atoms with Crippen LogP contribution in [0.25, 0.3) is 0 Å². The SMILES string of the molecule is CCn1ncc(C)c1NC(=O)CC1CCCCN1C. The molecule has 1 atom stereocenters. The van der Waals surface area contributed by atoms with E-state index in [0.717, 1.165) is 30.9 Å². The zero-order chi connectivity index (χ0) is 13.8. The molecule has 1 aromatic rings. The van der Waals surface area contributed by atoms with E-state index < -0.39 is 0 Å². The zero-order valence-electron chi connectivity index (χ0n) is 12.1. The van der Waals surface area contributed by atoms with Crippen LogP contribution in [0.3, 0.4) is 0 Å². The topological polar surface area (TPSA) is 50.2 Å². The molecule has 0 aromatic carbocycles. The second-order valence-electron chi connectivity index (χ2n) is 5.37. The zero-order valence-corrected chi connectivity index (χ0v) is 12.1. The molecule has 1 aliphatic heterocycles. The van der Waals surface area contributed by atoms with E-state index in [-0.39, 0.29) is 5.91 Å². The molecule has 1 saturated heterocycles. The summed E-state index contributed by atoms with van der Waals surface area (Å²) in [5.41, 5.74) is 1.02. The minimum Gasteiger partial charge on any atom is -0.311 e. The van der Waals surface area contributed by atoms with Crippen molar-refractivity contribution in [3.8, 4) is 0 Å². The van der Waals surface area contributed by atoms with Gasteiger partial charge in [0, 0.05) is 24.6 Å². The molecule has 0 spiro atoms. The molecule has 2 rings (SSSR count). The molecule has 1 fully saturated rings. The van der Waals surface area contributed by atoms with Crippen LogP contribution in [0.5, 0.6) is 0 Å². The fraction of sp³-hybridized carbons (Fsp3) is 0.714. The number of anilines is 1. The van der Waals surface area contributed by atoms with Crippen molar-refractivity contribution in [3.63, 3.8) is 0 Å². The Morgan fingerprint density at radius 3 is 3.00 bits per heavy atom. The Kier molecular flexibility index (Phi) is 4.58. The van der Waals surface area contributed by atoms with Gasteiger partial charge in [0.05, 0.1) is 6.20 Å². The average Bonchev–Trinajstić information content (AvgIpc) is 2.73. The Hall–Kier alpha value is -1.36. The molecule has 1 N–H and O–H groups in total. The van der Waals surface area contributed by atoms with Crippen LogP contribution in [-0.4, -0.2) is 40.2 Å². The molecule has 19 heavy (non-hydrogen) atoms. The van der Waals surface area contributed by atoms with Crippen molar-refractivity contribution in [2.75, 3.05) is 18.9 Å². The lowest BCUT2D eigenvalue weighted by Crippen LogP contribution is -2.38. The summed E-state index contributed by atoms with van der Waals surface area (Å²) in [6.45, 7) is 5.87. The summed E-state index contributed by atoms with van der Waals surface area (Å²) in [4.78, 5) is 14.5. The third-order valence-corrected chi connectivity index (χ3v) is 3.92. The molecule has 0 saturated carbocycles. The Labute approximate surface area is 115 Å². The van der Waals surface area contributed by atoms with Gasteiger partial charge in [0.15, 0.2) is 0 Å². The molecule has 1 aliphatic rings. The minimum atomic E-state index is 0.0945. The molecule has 106 valence electrons. The lowest BCUT2D eigenvalue weighted by atomic mass is 10.00. The minimum absolute atomic E-state index is 0.0945. The maximum Gasteiger partial charge on any atom is 0.227 e. The van der Waals surface area contributed by atoms with Crippen LogP contribution in [0.4, 0.5) is 5.82 Å². The van der Waals surface area contributed by atoms with Crippen LogP contribution >= 0.6 is 0 Å². The van der Waals surface area contributed by atoms with Crippen molar-refractivity contribution in [2.24, 2.45) is 0 Å². The van der Waals surface area contributed by atoms with E-state index in [9.17, 15) is 4.79 Å². The molecular weight excluding hydrogens is 240 g/mol. The standard InChI is InChI=1S/C14H24N4O/c1-4-18-14(11(2)10-15-18)16-13(19)9-12-7-5-6-8-17(12)3/h10,12H,4-9H2,1-3H3,(H,16,19). The summed E-state index contributed by atoms with van der Waals surface area (Å²) in [6.07, 6.45) is 5.97. The monoisotopic (exact) mass is 264 g/mol. The fourth-order valence-corrected chi connectivity index (χ4v) is 2.68. The summed E-state index contributed by atoms with van der Waals surface area (Å²) < 4.78 is 1.83. The molecule has 0 bridgehead atoms. The summed E-state index contributed by atoms with van der Waals surface area (Å²) >= 11 is 0. The third kappa shape index (κ3) is 3.35. The van der Waals surface area contributed by atoms with Gasteiger partial charge in [0.2, 0.25) is 5.91 Å². The van der Waals surface area contributed by atoms with Gasteiger partial charge in [-0.2, -0.15) is 5.10 Å². The lowest BCUT2D eigenvalue weighted by molar-refractivity contribution is -0.117. The highest BCUT2D eigenvalue weighted by Gasteiger charge is 2.22. The number of likely N-dealkylation sites (tertiary alicyclic amines) is 1. The van der Waals surface area contributed by atoms with E-state index in [1.165, 1.54) is 12.8 Å². The molecule has 2 heterocycles. The summed E-state index contributed by atoms with van der Waals surface area (Å²) in [7, 11) is 2.11. The van der Waals surface area contributed by atoms with Gasteiger partial charge in [0.25, 0.3) is 0 Å². The van der Waals surface area contributed by atoms with E-state index >= 15 is 0 Å². The first-order chi connectivity index (χ1) is 9.11. The second kappa shape index (κ2) is 6.19. The van der Waals surface area contributed by atoms with Gasteiger partial charge in [-0.1, -0.05) is 6.42 Å². The van der Waals surface area contributed by atoms with Gasteiger partial charge in [-0.3, -0.25) is 4.79 Å². The number of carbonyl (C=O) groups excluding carboxylic acids is 1. The lowest BCUT2D eigenvalue weighted by Gasteiger charge is -2.31. The van der Waals surface area contributed by atoms with Gasteiger partial charge in [-0.05, 0) is 40.3 Å². The molecule has 1 unspecified atom stereocenters. The first-order valence-corrected chi connectivity index (χ1v) is 7.14. The van der Waals surface area contributed by atoms with Gasteiger partial charge in [-0.25, -0.2) is 4.68 Å². The van der Waals surface area contributed by atoms with Gasteiger partial charge in [-0.15, -0.1) is 0 Å². The Bertz CT molecular complexity index is 441. The highest BCUT2D eigenvalue weighted by atomic mass is 16.1. The first kappa shape index (κ1) is 14.1. The maximum absolute atomic E-state index is 12.2. The molecular formula is C14H24N4O. The number of nitrogens with one attached hydrogen (secondary N) is 1. The number of hydrogen-bond acceptors (Lipinski definition) is 3. The summed E-state index contributed by atoms with van der Waals surface area (Å²) in [5.74, 6) is 0.933. The van der Waals surface area contributed by atoms with Crippen LogP contribution in [-0.2, 0) is 11.3 Å². The number of hydrogen-bond donors (Lipinski definition) is 1. The number of amides is 1. The second-order valence-corrected chi connectivity index (χ2v) is 5.37. The van der Waals surface area contributed by atoms with Gasteiger partial charge >= 0.3 is 0 Å². The maximum atomic E-state index is 12.2. The number of aromatic nitrogens is 2. The summed E-state index contributed by atoms with van der Waals surface area (Å²) in [5, 5.41) is 7.25. The van der Waals surface area contributed by atoms with Crippen molar-refractivity contribution in [1.82, 2.24) is 14.7 Å². The van der Waals surface area contributed by atoms with Gasteiger partial charge < -0.3 is 10.2 Å². The highest BCUT2D eigenvalue weighted by molar-refractivity contribution is 5.90. The Morgan fingerprint density at radius 1 is 1.53 bits per heavy atom. The Balaban J connectivity index is 1.95. The predicted octanol–water partition coefficient (Wildman–Crippen LogP) is 2.02. The highest BCUT2D eigenvalue weighted by Crippen LogP contribution is 2.19. The number of rotatable bonds is 4. The third-order valence-electron chi connectivity index (χ3n) is 3.92. The van der Waals surface area contributed by atoms with Crippen molar-refractivity contribution < 1.29 is 4.79 Å². The van der Waals surface area contributed by atoms with E-state index in [2.05, 4.69) is 22.4 Å². The van der Waals surface area contributed by atoms with Crippen LogP contribution < -0.4 is 5.32 Å². The van der Waals surface area contributed by atoms with Crippen molar-refractivity contribution in [3.05, 3.63) is 11.8 Å². The predicted molar refractivity (Wildman–Crippen MR) is 76.2 cm³/mol. The van der Waals surface area contributed by atoms with Crippen LogP contribution in [0, 0.1) is 6.92 Å². The van der Waals surface area contributed by atoms with Crippen LogP contribution in [0.15, 0.2) is 6.20 Å². The van der Waals surface area contributed by atoms with Crippen molar-refractivity contribution >= 4 is 11.7 Å². The van der Waals surface area contributed by atoms with Crippen LogP contribution in [0.2, 0.25) is 0 Å². The first-order valence-electron chi connectivity index (χ1n) is 7.14. The van der Waals surface area contributed by atoms with Crippen molar-refractivity contribution in [2.45, 2.75) is 52.1 Å². The average molecular weight is 264 g/mol. The Morgan fingerprint density at radius 2 is 2.32 bits per heavy atom. The van der Waals surface area contributed by atoms with E-state index in [1.807, 2.05) is 18.5 Å². The fourth-order valence-electron chi connectivity index (χ4n) is 2.68. The van der Waals surface area contributed by atoms with Crippen molar-refractivity contribution in [1.29, 1.82) is 0 Å². The van der Waals surface area contributed by atoms with E-state index in [0.29, 0.717) is 12.5 Å². The molecule has 1 amide bonds. The molecule has 0 radical (unpaired) electrons. The molecule has 5 heteroatoms. The largest absolute Gasteiger partial charge is 0.311 e. The number of nitrogens with zero attached hydrogens (tertiary/aromatic N) is 3. The molecule has 1 aromatic heterocycles. The molecule has 0 aliphatic carbocycles. The molecule has 5 nitrogen and oxygen atoms in total. The smallest absolute Gasteiger partial charge is 0.227 e. The normalized spacial score (nSPS) is 20.5. The van der Waals surface area contributed by atoms with Gasteiger partial charge in [0.1, 0.15) is 5.82 Å². The quantitative estimate of drug-likeness (QED) is 0.905. The number of carbonyl (C=O) groups is 1.